The second-order valence-electron chi connectivity index (χ2n) is 5.75. The van der Waals surface area contributed by atoms with Crippen molar-refractivity contribution in [2.45, 2.75) is 16.9 Å². The molecular formula is C16H19N3O3S2. The number of hydrogen-bond acceptors (Lipinski definition) is 5. The Morgan fingerprint density at radius 2 is 2.00 bits per heavy atom. The minimum absolute atomic E-state index is 0.0932. The van der Waals surface area contributed by atoms with Gasteiger partial charge in [-0.1, -0.05) is 30.3 Å². The van der Waals surface area contributed by atoms with Crippen LogP contribution in [0.2, 0.25) is 0 Å². The second-order valence-corrected chi connectivity index (χ2v) is 8.54. The van der Waals surface area contributed by atoms with Crippen molar-refractivity contribution in [2.75, 3.05) is 20.1 Å². The Balaban J connectivity index is 1.77. The van der Waals surface area contributed by atoms with E-state index in [1.165, 1.54) is 18.5 Å². The predicted octanol–water partition coefficient (Wildman–Crippen LogP) is 1.22. The van der Waals surface area contributed by atoms with Crippen LogP contribution in [-0.4, -0.2) is 45.4 Å². The first-order valence-corrected chi connectivity index (χ1v) is 9.90. The van der Waals surface area contributed by atoms with Crippen molar-refractivity contribution in [1.29, 1.82) is 0 Å². The normalized spacial score (nSPS) is 21.2. The average molecular weight is 365 g/mol. The molecule has 8 heteroatoms. The number of hydrogen-bond donors (Lipinski definition) is 2. The molecule has 0 saturated carbocycles. The summed E-state index contributed by atoms with van der Waals surface area (Å²) in [5.74, 6) is -0.0814. The first kappa shape index (κ1) is 17.1. The van der Waals surface area contributed by atoms with Crippen LogP contribution in [0.5, 0.6) is 0 Å². The zero-order valence-corrected chi connectivity index (χ0v) is 14.8. The molecule has 1 aromatic heterocycles. The standard InChI is InChI=1S/C16H19N3O3S2/c1-18-24(21,22)12-7-15(23-10-12)16(20)19-8-13(14(17)9-19)11-5-3-2-4-6-11/h2-7,10,13-14,18H,8-9,17H2,1H3/t13-,14+/m0/s1. The summed E-state index contributed by atoms with van der Waals surface area (Å²) in [6, 6.07) is 11.2. The van der Waals surface area contributed by atoms with Gasteiger partial charge in [-0.3, -0.25) is 4.79 Å². The first-order valence-electron chi connectivity index (χ1n) is 7.54. The van der Waals surface area contributed by atoms with Gasteiger partial charge in [-0.25, -0.2) is 13.1 Å². The molecule has 2 aromatic rings. The fourth-order valence-electron chi connectivity index (χ4n) is 2.89. The Hall–Kier alpha value is -1.74. The van der Waals surface area contributed by atoms with E-state index in [2.05, 4.69) is 4.72 Å². The Kier molecular flexibility index (Phi) is 4.73. The number of thiophene rings is 1. The number of likely N-dealkylation sites (tertiary alicyclic amines) is 1. The van der Waals surface area contributed by atoms with Gasteiger partial charge in [-0.2, -0.15) is 0 Å². The maximum Gasteiger partial charge on any atom is 0.264 e. The van der Waals surface area contributed by atoms with E-state index in [1.54, 1.807) is 4.90 Å². The molecule has 1 aliphatic heterocycles. The number of amides is 1. The van der Waals surface area contributed by atoms with Crippen molar-refractivity contribution in [2.24, 2.45) is 5.73 Å². The van der Waals surface area contributed by atoms with Crippen molar-refractivity contribution in [3.8, 4) is 0 Å². The molecule has 6 nitrogen and oxygen atoms in total. The molecule has 0 unspecified atom stereocenters. The Bertz CT molecular complexity index is 833. The Morgan fingerprint density at radius 1 is 1.29 bits per heavy atom. The van der Waals surface area contributed by atoms with E-state index < -0.39 is 10.0 Å². The average Bonchev–Trinajstić information content (AvgIpc) is 3.22. The van der Waals surface area contributed by atoms with E-state index in [0.29, 0.717) is 18.0 Å². The molecule has 2 heterocycles. The van der Waals surface area contributed by atoms with Gasteiger partial charge >= 0.3 is 0 Å². The van der Waals surface area contributed by atoms with Crippen molar-refractivity contribution >= 4 is 27.3 Å². The van der Waals surface area contributed by atoms with Crippen LogP contribution in [0.25, 0.3) is 0 Å². The molecule has 2 atom stereocenters. The number of carbonyl (C=O) groups is 1. The van der Waals surface area contributed by atoms with Gasteiger partial charge in [0.1, 0.15) is 0 Å². The summed E-state index contributed by atoms with van der Waals surface area (Å²) in [5.41, 5.74) is 7.33. The Morgan fingerprint density at radius 3 is 2.67 bits per heavy atom. The summed E-state index contributed by atoms with van der Waals surface area (Å²) < 4.78 is 25.8. The molecule has 0 radical (unpaired) electrons. The molecule has 1 saturated heterocycles. The number of nitrogens with one attached hydrogen (secondary N) is 1. The highest BCUT2D eigenvalue weighted by Gasteiger charge is 2.34. The third-order valence-corrected chi connectivity index (χ3v) is 6.71. The number of nitrogens with two attached hydrogens (primary N) is 1. The number of sulfonamides is 1. The van der Waals surface area contributed by atoms with Gasteiger partial charge < -0.3 is 10.6 Å². The van der Waals surface area contributed by atoms with E-state index in [1.807, 2.05) is 30.3 Å². The molecule has 0 bridgehead atoms. The molecule has 0 spiro atoms. The minimum atomic E-state index is -3.53. The maximum absolute atomic E-state index is 12.7. The third kappa shape index (κ3) is 3.23. The Labute approximate surface area is 145 Å². The number of benzene rings is 1. The van der Waals surface area contributed by atoms with Gasteiger partial charge in [0, 0.05) is 30.4 Å². The van der Waals surface area contributed by atoms with Crippen molar-refractivity contribution in [3.05, 3.63) is 52.2 Å². The minimum Gasteiger partial charge on any atom is -0.336 e. The van der Waals surface area contributed by atoms with Crippen LogP contribution in [0, 0.1) is 0 Å². The van der Waals surface area contributed by atoms with Crippen LogP contribution < -0.4 is 10.5 Å². The molecule has 128 valence electrons. The van der Waals surface area contributed by atoms with Gasteiger partial charge in [0.2, 0.25) is 10.0 Å². The van der Waals surface area contributed by atoms with E-state index in [4.69, 9.17) is 5.73 Å². The predicted molar refractivity (Wildman–Crippen MR) is 93.6 cm³/mol. The first-order chi connectivity index (χ1) is 11.4. The summed E-state index contributed by atoms with van der Waals surface area (Å²) in [4.78, 5) is 14.9. The van der Waals surface area contributed by atoms with Crippen LogP contribution in [0.1, 0.15) is 21.2 Å². The van der Waals surface area contributed by atoms with Gasteiger partial charge in [0.25, 0.3) is 5.91 Å². The molecule has 1 aromatic carbocycles. The zero-order chi connectivity index (χ0) is 17.3. The van der Waals surface area contributed by atoms with E-state index in [-0.39, 0.29) is 22.8 Å². The van der Waals surface area contributed by atoms with Crippen LogP contribution in [0.3, 0.4) is 0 Å². The molecule has 1 amide bonds. The smallest absolute Gasteiger partial charge is 0.264 e. The number of carbonyl (C=O) groups excluding carboxylic acids is 1. The van der Waals surface area contributed by atoms with Gasteiger partial charge in [-0.15, -0.1) is 11.3 Å². The summed E-state index contributed by atoms with van der Waals surface area (Å²) in [6.07, 6.45) is 0. The quantitative estimate of drug-likeness (QED) is 0.852. The molecule has 3 N–H and O–H groups in total. The molecule has 3 rings (SSSR count). The van der Waals surface area contributed by atoms with Crippen LogP contribution in [0.4, 0.5) is 0 Å². The van der Waals surface area contributed by atoms with Crippen LogP contribution in [0.15, 0.2) is 46.7 Å². The zero-order valence-electron chi connectivity index (χ0n) is 13.2. The second kappa shape index (κ2) is 6.64. The van der Waals surface area contributed by atoms with Gasteiger partial charge in [0.05, 0.1) is 9.77 Å². The van der Waals surface area contributed by atoms with Crippen molar-refractivity contribution in [3.63, 3.8) is 0 Å². The number of rotatable bonds is 4. The van der Waals surface area contributed by atoms with Gasteiger partial charge in [0.15, 0.2) is 0 Å². The van der Waals surface area contributed by atoms with Crippen LogP contribution >= 0.6 is 11.3 Å². The summed E-state index contributed by atoms with van der Waals surface area (Å²) in [7, 11) is -2.19. The highest BCUT2D eigenvalue weighted by atomic mass is 32.2. The lowest BCUT2D eigenvalue weighted by molar-refractivity contribution is 0.0794. The lowest BCUT2D eigenvalue weighted by Crippen LogP contribution is -2.31. The maximum atomic E-state index is 12.7. The lowest BCUT2D eigenvalue weighted by Gasteiger charge is -2.15. The largest absolute Gasteiger partial charge is 0.336 e. The third-order valence-electron chi connectivity index (χ3n) is 4.25. The van der Waals surface area contributed by atoms with Crippen molar-refractivity contribution < 1.29 is 13.2 Å². The summed E-state index contributed by atoms with van der Waals surface area (Å²) in [5, 5.41) is 1.48. The monoisotopic (exact) mass is 365 g/mol. The summed E-state index contributed by atoms with van der Waals surface area (Å²) in [6.45, 7) is 1.00. The fourth-order valence-corrected chi connectivity index (χ4v) is 4.86. The van der Waals surface area contributed by atoms with E-state index in [0.717, 1.165) is 16.9 Å². The van der Waals surface area contributed by atoms with Crippen LogP contribution in [-0.2, 0) is 10.0 Å². The van der Waals surface area contributed by atoms with Crippen molar-refractivity contribution in [1.82, 2.24) is 9.62 Å². The molecule has 0 aliphatic carbocycles. The van der Waals surface area contributed by atoms with E-state index >= 15 is 0 Å². The fraction of sp³-hybridized carbons (Fsp3) is 0.312. The summed E-state index contributed by atoms with van der Waals surface area (Å²) >= 11 is 1.13. The molecule has 24 heavy (non-hydrogen) atoms. The topological polar surface area (TPSA) is 92.5 Å². The highest BCUT2D eigenvalue weighted by Crippen LogP contribution is 2.29. The number of nitrogens with zero attached hydrogens (tertiary/aromatic N) is 1. The van der Waals surface area contributed by atoms with Gasteiger partial charge in [-0.05, 0) is 18.7 Å². The highest BCUT2D eigenvalue weighted by molar-refractivity contribution is 7.89. The molecule has 1 fully saturated rings. The SMILES string of the molecule is CNS(=O)(=O)c1csc(C(=O)N2C[C@@H](N)[C@H](c3ccccc3)C2)c1. The van der Waals surface area contributed by atoms with E-state index in [9.17, 15) is 13.2 Å². The molecule has 1 aliphatic rings. The molecular weight excluding hydrogens is 346 g/mol. The lowest BCUT2D eigenvalue weighted by atomic mass is 9.95.